The van der Waals surface area contributed by atoms with Crippen LogP contribution in [0.1, 0.15) is 33.6 Å². The van der Waals surface area contributed by atoms with Crippen molar-refractivity contribution in [1.29, 1.82) is 0 Å². The third-order valence-corrected chi connectivity index (χ3v) is 5.13. The Morgan fingerprint density at radius 3 is 2.32 bits per heavy atom. The van der Waals surface area contributed by atoms with E-state index in [4.69, 9.17) is 0 Å². The van der Waals surface area contributed by atoms with E-state index < -0.39 is 11.7 Å². The summed E-state index contributed by atoms with van der Waals surface area (Å²) in [5.41, 5.74) is 2.33. The molecule has 1 N–H and O–H groups in total. The van der Waals surface area contributed by atoms with Crippen molar-refractivity contribution in [1.82, 2.24) is 9.47 Å². The van der Waals surface area contributed by atoms with Crippen molar-refractivity contribution >= 4 is 34.2 Å². The van der Waals surface area contributed by atoms with Crippen molar-refractivity contribution in [2.24, 2.45) is 7.05 Å². The second-order valence-electron chi connectivity index (χ2n) is 7.03. The number of aryl methyl sites for hydroxylation is 1. The van der Waals surface area contributed by atoms with Crippen molar-refractivity contribution in [3.8, 4) is 0 Å². The first-order chi connectivity index (χ1) is 13.5. The van der Waals surface area contributed by atoms with Gasteiger partial charge in [-0.25, -0.2) is 0 Å². The zero-order valence-corrected chi connectivity index (χ0v) is 15.6. The topological polar surface area (TPSA) is 71.4 Å². The first-order valence-electron chi connectivity index (χ1n) is 9.33. The van der Waals surface area contributed by atoms with Gasteiger partial charge in [-0.3, -0.25) is 14.4 Å². The van der Waals surface area contributed by atoms with E-state index >= 15 is 0 Å². The molecule has 1 saturated heterocycles. The molecule has 0 unspecified atom stereocenters. The van der Waals surface area contributed by atoms with Gasteiger partial charge in [-0.2, -0.15) is 0 Å². The molecule has 142 valence electrons. The number of para-hydroxylation sites is 1. The second-order valence-corrected chi connectivity index (χ2v) is 7.03. The molecule has 0 aliphatic carbocycles. The normalized spacial score (nSPS) is 13.7. The molecule has 6 heteroatoms. The molecule has 28 heavy (non-hydrogen) atoms. The van der Waals surface area contributed by atoms with Crippen LogP contribution in [0.5, 0.6) is 0 Å². The first-order valence-corrected chi connectivity index (χ1v) is 9.33. The van der Waals surface area contributed by atoms with Crippen molar-refractivity contribution < 1.29 is 14.4 Å². The smallest absolute Gasteiger partial charge is 0.296 e. The summed E-state index contributed by atoms with van der Waals surface area (Å²) >= 11 is 0. The number of likely N-dealkylation sites (tertiary alicyclic amines) is 1. The quantitative estimate of drug-likeness (QED) is 0.562. The number of hydrogen-bond acceptors (Lipinski definition) is 3. The van der Waals surface area contributed by atoms with Crippen molar-refractivity contribution in [3.05, 3.63) is 65.9 Å². The lowest BCUT2D eigenvalue weighted by Crippen LogP contribution is -2.27. The molecule has 2 aromatic carbocycles. The lowest BCUT2D eigenvalue weighted by atomic mass is 10.1. The van der Waals surface area contributed by atoms with E-state index in [0.29, 0.717) is 16.8 Å². The Kier molecular flexibility index (Phi) is 4.69. The van der Waals surface area contributed by atoms with Gasteiger partial charge in [-0.1, -0.05) is 18.2 Å². The van der Waals surface area contributed by atoms with E-state index in [-0.39, 0.29) is 5.91 Å². The summed E-state index contributed by atoms with van der Waals surface area (Å²) in [5, 5.41) is 3.37. The maximum absolute atomic E-state index is 12.6. The van der Waals surface area contributed by atoms with Gasteiger partial charge in [0.1, 0.15) is 0 Å². The van der Waals surface area contributed by atoms with Gasteiger partial charge in [-0.15, -0.1) is 0 Å². The Morgan fingerprint density at radius 2 is 1.61 bits per heavy atom. The Balaban J connectivity index is 1.48. The van der Waals surface area contributed by atoms with Gasteiger partial charge < -0.3 is 14.8 Å². The molecule has 3 aromatic rings. The van der Waals surface area contributed by atoms with E-state index in [1.807, 2.05) is 40.8 Å². The zero-order chi connectivity index (χ0) is 19.7. The van der Waals surface area contributed by atoms with Gasteiger partial charge in [0.25, 0.3) is 17.6 Å². The molecular weight excluding hydrogens is 354 g/mol. The van der Waals surface area contributed by atoms with Crippen LogP contribution in [0.15, 0.2) is 54.7 Å². The molecule has 0 spiro atoms. The van der Waals surface area contributed by atoms with E-state index in [1.165, 1.54) is 0 Å². The summed E-state index contributed by atoms with van der Waals surface area (Å²) in [6.45, 7) is 1.58. The number of amides is 2. The monoisotopic (exact) mass is 375 g/mol. The van der Waals surface area contributed by atoms with Crippen LogP contribution in [-0.2, 0) is 11.8 Å². The van der Waals surface area contributed by atoms with Crippen molar-refractivity contribution in [2.45, 2.75) is 12.8 Å². The van der Waals surface area contributed by atoms with Crippen LogP contribution in [-0.4, -0.2) is 40.2 Å². The fourth-order valence-corrected chi connectivity index (χ4v) is 3.63. The minimum absolute atomic E-state index is 0.00204. The number of aromatic nitrogens is 1. The van der Waals surface area contributed by atoms with E-state index in [9.17, 15) is 14.4 Å². The van der Waals surface area contributed by atoms with Crippen LogP contribution >= 0.6 is 0 Å². The van der Waals surface area contributed by atoms with Gasteiger partial charge in [0, 0.05) is 48.5 Å². The SMILES string of the molecule is Cn1cc(C(=O)C(=O)Nc2ccc(C(=O)N3CCCC3)cc2)c2ccccc21. The van der Waals surface area contributed by atoms with Gasteiger partial charge >= 0.3 is 0 Å². The lowest BCUT2D eigenvalue weighted by molar-refractivity contribution is -0.112. The molecule has 0 bridgehead atoms. The van der Waals surface area contributed by atoms with Crippen LogP contribution in [0, 0.1) is 0 Å². The maximum Gasteiger partial charge on any atom is 0.296 e. The summed E-state index contributed by atoms with van der Waals surface area (Å²) in [4.78, 5) is 39.3. The average molecular weight is 375 g/mol. The van der Waals surface area contributed by atoms with Crippen LogP contribution in [0.3, 0.4) is 0 Å². The molecule has 4 rings (SSSR count). The molecule has 0 saturated carbocycles. The predicted octanol–water partition coefficient (Wildman–Crippen LogP) is 3.24. The number of anilines is 1. The lowest BCUT2D eigenvalue weighted by Gasteiger charge is -2.15. The number of carbonyl (C=O) groups is 3. The molecule has 0 radical (unpaired) electrons. The van der Waals surface area contributed by atoms with Gasteiger partial charge in [0.15, 0.2) is 0 Å². The largest absolute Gasteiger partial charge is 0.350 e. The maximum atomic E-state index is 12.6. The van der Waals surface area contributed by atoms with Crippen LogP contribution < -0.4 is 5.32 Å². The second kappa shape index (κ2) is 7.31. The number of Topliss-reactive ketones (excluding diaryl/α,β-unsaturated/α-hetero) is 1. The third-order valence-electron chi connectivity index (χ3n) is 5.13. The van der Waals surface area contributed by atoms with Crippen LogP contribution in [0.2, 0.25) is 0 Å². The van der Waals surface area contributed by atoms with Crippen LogP contribution in [0.25, 0.3) is 10.9 Å². The highest BCUT2D eigenvalue weighted by molar-refractivity contribution is 6.48. The Bertz CT molecular complexity index is 1060. The number of fused-ring (bicyclic) bond motifs is 1. The summed E-state index contributed by atoms with van der Waals surface area (Å²) in [6, 6.07) is 14.1. The minimum atomic E-state index is -0.699. The van der Waals surface area contributed by atoms with Gasteiger partial charge in [-0.05, 0) is 43.2 Å². The molecule has 1 fully saturated rings. The number of carbonyl (C=O) groups excluding carboxylic acids is 3. The van der Waals surface area contributed by atoms with E-state index in [0.717, 1.165) is 36.8 Å². The highest BCUT2D eigenvalue weighted by Crippen LogP contribution is 2.21. The Hall–Kier alpha value is -3.41. The zero-order valence-electron chi connectivity index (χ0n) is 15.6. The van der Waals surface area contributed by atoms with E-state index in [1.54, 1.807) is 30.5 Å². The third kappa shape index (κ3) is 3.29. The highest BCUT2D eigenvalue weighted by atomic mass is 16.2. The molecule has 1 aliphatic heterocycles. The Labute approximate surface area is 162 Å². The summed E-state index contributed by atoms with van der Waals surface area (Å²) in [5.74, 6) is -1.29. The fourth-order valence-electron chi connectivity index (χ4n) is 3.63. The van der Waals surface area contributed by atoms with E-state index in [2.05, 4.69) is 5.32 Å². The summed E-state index contributed by atoms with van der Waals surface area (Å²) < 4.78 is 1.83. The minimum Gasteiger partial charge on any atom is -0.350 e. The number of nitrogens with zero attached hydrogens (tertiary/aromatic N) is 2. The van der Waals surface area contributed by atoms with Crippen molar-refractivity contribution in [2.75, 3.05) is 18.4 Å². The highest BCUT2D eigenvalue weighted by Gasteiger charge is 2.22. The molecule has 1 aromatic heterocycles. The predicted molar refractivity (Wildman–Crippen MR) is 107 cm³/mol. The van der Waals surface area contributed by atoms with Crippen molar-refractivity contribution in [3.63, 3.8) is 0 Å². The number of nitrogens with one attached hydrogen (secondary N) is 1. The number of ketones is 1. The Morgan fingerprint density at radius 1 is 0.929 bits per heavy atom. The van der Waals surface area contributed by atoms with Gasteiger partial charge in [0.05, 0.1) is 5.56 Å². The molecular formula is C22H21N3O3. The fraction of sp³-hybridized carbons (Fsp3) is 0.227. The molecule has 6 nitrogen and oxygen atoms in total. The number of benzene rings is 2. The molecule has 2 amide bonds. The average Bonchev–Trinajstić information content (AvgIpc) is 3.36. The summed E-state index contributed by atoms with van der Waals surface area (Å²) in [7, 11) is 1.84. The molecule has 2 heterocycles. The first kappa shape index (κ1) is 18.0. The number of hydrogen-bond donors (Lipinski definition) is 1. The molecule has 1 aliphatic rings. The summed E-state index contributed by atoms with van der Waals surface area (Å²) in [6.07, 6.45) is 3.75. The standard InChI is InChI=1S/C22H21N3O3/c1-24-14-18(17-6-2-3-7-19(17)24)20(26)21(27)23-16-10-8-15(9-11-16)22(28)25-12-4-5-13-25/h2-3,6-11,14H,4-5,12-13H2,1H3,(H,23,27). The number of rotatable bonds is 4. The van der Waals surface area contributed by atoms with Gasteiger partial charge in [0.2, 0.25) is 0 Å². The van der Waals surface area contributed by atoms with Crippen LogP contribution in [0.4, 0.5) is 5.69 Å². The molecule has 0 atom stereocenters.